The number of fused-ring (bicyclic) bond motifs is 1. The normalized spacial score (nSPS) is 12.6. The maximum absolute atomic E-state index is 13.7. The third-order valence-corrected chi connectivity index (χ3v) is 11.5. The minimum Gasteiger partial charge on any atom is -0.493 e. The second-order valence-corrected chi connectivity index (χ2v) is 15.4. The Morgan fingerprint density at radius 3 is 1.80 bits per heavy atom. The molecule has 0 N–H and O–H groups in total. The van der Waals surface area contributed by atoms with Crippen LogP contribution in [0.2, 0.25) is 5.04 Å². The van der Waals surface area contributed by atoms with Crippen LogP contribution in [0.15, 0.2) is 97.1 Å². The molecule has 0 atom stereocenters. The van der Waals surface area contributed by atoms with Gasteiger partial charge in [-0.25, -0.2) is 4.39 Å². The van der Waals surface area contributed by atoms with Crippen molar-refractivity contribution in [3.05, 3.63) is 103 Å². The van der Waals surface area contributed by atoms with Crippen molar-refractivity contribution in [3.8, 4) is 5.75 Å². The standard InChI is InChI=1S/C31H35FO2Si/c1-30(2,3)35(28-12-8-6-9-13-28,29-14-10-7-11-15-29)34-23-31(4,5)22-33-27-19-17-24-16-18-26(32)20-25(24)21-27/h6-21H,22-23H2,1-5H3. The molecule has 0 bridgehead atoms. The fourth-order valence-electron chi connectivity index (χ4n) is 4.67. The van der Waals surface area contributed by atoms with Gasteiger partial charge in [0.05, 0.1) is 6.61 Å². The number of ether oxygens (including phenoxy) is 1. The van der Waals surface area contributed by atoms with Crippen LogP contribution in [0.1, 0.15) is 34.6 Å². The molecule has 0 amide bonds. The molecule has 0 fully saturated rings. The van der Waals surface area contributed by atoms with Crippen molar-refractivity contribution < 1.29 is 13.6 Å². The Morgan fingerprint density at radius 1 is 0.657 bits per heavy atom. The van der Waals surface area contributed by atoms with Gasteiger partial charge in [-0.05, 0) is 50.4 Å². The monoisotopic (exact) mass is 486 g/mol. The van der Waals surface area contributed by atoms with Crippen molar-refractivity contribution >= 4 is 29.5 Å². The van der Waals surface area contributed by atoms with Gasteiger partial charge >= 0.3 is 0 Å². The van der Waals surface area contributed by atoms with E-state index >= 15 is 0 Å². The summed E-state index contributed by atoms with van der Waals surface area (Å²) in [6.07, 6.45) is 0. The van der Waals surface area contributed by atoms with Gasteiger partial charge in [0.15, 0.2) is 0 Å². The summed E-state index contributed by atoms with van der Waals surface area (Å²) in [5.74, 6) is 0.496. The quantitative estimate of drug-likeness (QED) is 0.251. The van der Waals surface area contributed by atoms with Gasteiger partial charge in [-0.3, -0.25) is 0 Å². The van der Waals surface area contributed by atoms with E-state index in [9.17, 15) is 4.39 Å². The highest BCUT2D eigenvalue weighted by Gasteiger charge is 2.50. The van der Waals surface area contributed by atoms with Gasteiger partial charge in [0.25, 0.3) is 8.32 Å². The zero-order chi connectivity index (χ0) is 25.1. The van der Waals surface area contributed by atoms with Crippen LogP contribution in [0.5, 0.6) is 5.75 Å². The smallest absolute Gasteiger partial charge is 0.261 e. The second kappa shape index (κ2) is 9.96. The molecule has 0 aliphatic heterocycles. The third-order valence-electron chi connectivity index (χ3n) is 6.50. The van der Waals surface area contributed by atoms with Gasteiger partial charge in [0, 0.05) is 12.0 Å². The maximum atomic E-state index is 13.7. The molecule has 0 radical (unpaired) electrons. The summed E-state index contributed by atoms with van der Waals surface area (Å²) < 4.78 is 27.0. The van der Waals surface area contributed by atoms with E-state index in [1.54, 1.807) is 12.1 Å². The van der Waals surface area contributed by atoms with E-state index in [2.05, 4.69) is 95.3 Å². The Labute approximate surface area is 209 Å². The molecular weight excluding hydrogens is 451 g/mol. The summed E-state index contributed by atoms with van der Waals surface area (Å²) in [5, 5.41) is 4.30. The summed E-state index contributed by atoms with van der Waals surface area (Å²) in [6, 6.07) is 32.0. The van der Waals surface area contributed by atoms with E-state index in [-0.39, 0.29) is 16.3 Å². The lowest BCUT2D eigenvalue weighted by Gasteiger charge is -2.44. The SMILES string of the molecule is CC(C)(COc1ccc2ccc(F)cc2c1)CO[Si](c1ccccc1)(c1ccccc1)C(C)(C)C. The number of hydrogen-bond donors (Lipinski definition) is 0. The first kappa shape index (κ1) is 25.1. The number of halogens is 1. The molecular formula is C31H35FO2Si. The Bertz CT molecular complexity index is 1220. The molecule has 0 aromatic heterocycles. The lowest BCUT2D eigenvalue weighted by Crippen LogP contribution is -2.67. The minimum absolute atomic E-state index is 0.0743. The number of rotatable bonds is 8. The first-order valence-electron chi connectivity index (χ1n) is 12.2. The van der Waals surface area contributed by atoms with Crippen LogP contribution >= 0.6 is 0 Å². The average molecular weight is 487 g/mol. The molecule has 0 saturated carbocycles. The van der Waals surface area contributed by atoms with Crippen LogP contribution in [-0.2, 0) is 4.43 Å². The summed E-state index contributed by atoms with van der Waals surface area (Å²) >= 11 is 0. The molecule has 4 aromatic carbocycles. The van der Waals surface area contributed by atoms with Crippen molar-refractivity contribution in [2.45, 2.75) is 39.7 Å². The molecule has 0 aliphatic rings. The van der Waals surface area contributed by atoms with Crippen LogP contribution in [0, 0.1) is 11.2 Å². The van der Waals surface area contributed by atoms with E-state index in [1.165, 1.54) is 16.4 Å². The lowest BCUT2D eigenvalue weighted by molar-refractivity contribution is 0.105. The van der Waals surface area contributed by atoms with Crippen LogP contribution in [-0.4, -0.2) is 21.5 Å². The molecule has 4 aromatic rings. The molecule has 182 valence electrons. The van der Waals surface area contributed by atoms with Crippen LogP contribution < -0.4 is 15.1 Å². The summed E-state index contributed by atoms with van der Waals surface area (Å²) in [5.41, 5.74) is -0.232. The number of hydrogen-bond acceptors (Lipinski definition) is 2. The zero-order valence-electron chi connectivity index (χ0n) is 21.3. The van der Waals surface area contributed by atoms with Gasteiger partial charge in [0.2, 0.25) is 0 Å². The Morgan fingerprint density at radius 2 is 1.23 bits per heavy atom. The predicted octanol–water partition coefficient (Wildman–Crippen LogP) is 6.96. The molecule has 2 nitrogen and oxygen atoms in total. The highest BCUT2D eigenvalue weighted by molar-refractivity contribution is 6.99. The summed E-state index contributed by atoms with van der Waals surface area (Å²) in [6.45, 7) is 12.3. The van der Waals surface area contributed by atoms with E-state index < -0.39 is 8.32 Å². The van der Waals surface area contributed by atoms with E-state index in [0.717, 1.165) is 16.5 Å². The summed E-state index contributed by atoms with van der Waals surface area (Å²) in [4.78, 5) is 0. The largest absolute Gasteiger partial charge is 0.493 e. The van der Waals surface area contributed by atoms with Crippen molar-refractivity contribution in [2.75, 3.05) is 13.2 Å². The van der Waals surface area contributed by atoms with Crippen molar-refractivity contribution in [2.24, 2.45) is 5.41 Å². The van der Waals surface area contributed by atoms with Crippen molar-refractivity contribution in [3.63, 3.8) is 0 Å². The van der Waals surface area contributed by atoms with Crippen LogP contribution in [0.3, 0.4) is 0 Å². The zero-order valence-corrected chi connectivity index (χ0v) is 22.3. The van der Waals surface area contributed by atoms with Gasteiger partial charge in [0.1, 0.15) is 11.6 Å². The van der Waals surface area contributed by atoms with Gasteiger partial charge < -0.3 is 9.16 Å². The van der Waals surface area contributed by atoms with E-state index in [4.69, 9.17) is 9.16 Å². The molecule has 0 spiro atoms. The Hall–Kier alpha value is -2.95. The highest BCUT2D eigenvalue weighted by Crippen LogP contribution is 2.38. The molecule has 0 saturated heterocycles. The van der Waals surface area contributed by atoms with Gasteiger partial charge in [-0.2, -0.15) is 0 Å². The predicted molar refractivity (Wildman–Crippen MR) is 147 cm³/mol. The molecule has 0 heterocycles. The van der Waals surface area contributed by atoms with Crippen LogP contribution in [0.4, 0.5) is 4.39 Å². The minimum atomic E-state index is -2.61. The fourth-order valence-corrected chi connectivity index (χ4v) is 9.43. The highest BCUT2D eigenvalue weighted by atomic mass is 28.4. The van der Waals surface area contributed by atoms with Gasteiger partial charge in [-0.1, -0.05) is 107 Å². The molecule has 0 aliphatic carbocycles. The molecule has 0 unspecified atom stereocenters. The lowest BCUT2D eigenvalue weighted by atomic mass is 9.96. The molecule has 35 heavy (non-hydrogen) atoms. The Kier molecular flexibility index (Phi) is 7.16. The second-order valence-electron chi connectivity index (χ2n) is 11.1. The average Bonchev–Trinajstić information content (AvgIpc) is 2.83. The van der Waals surface area contributed by atoms with E-state index in [1.807, 2.05) is 18.2 Å². The first-order chi connectivity index (χ1) is 16.6. The third kappa shape index (κ3) is 5.49. The topological polar surface area (TPSA) is 18.5 Å². The van der Waals surface area contributed by atoms with E-state index in [0.29, 0.717) is 13.2 Å². The van der Waals surface area contributed by atoms with Crippen LogP contribution in [0.25, 0.3) is 10.8 Å². The van der Waals surface area contributed by atoms with Crippen molar-refractivity contribution in [1.82, 2.24) is 0 Å². The number of benzene rings is 4. The van der Waals surface area contributed by atoms with Crippen molar-refractivity contribution in [1.29, 1.82) is 0 Å². The molecule has 4 heteroatoms. The maximum Gasteiger partial charge on any atom is 0.261 e. The first-order valence-corrected chi connectivity index (χ1v) is 14.1. The van der Waals surface area contributed by atoms with Gasteiger partial charge in [-0.15, -0.1) is 0 Å². The Balaban J connectivity index is 1.58. The summed E-state index contributed by atoms with van der Waals surface area (Å²) in [7, 11) is -2.61. The molecule has 4 rings (SSSR count). The fraction of sp³-hybridized carbons (Fsp3) is 0.290.